The van der Waals surface area contributed by atoms with Gasteiger partial charge in [-0.25, -0.2) is 4.79 Å². The molecule has 0 radical (unpaired) electrons. The molecule has 1 N–H and O–H groups in total. The van der Waals surface area contributed by atoms with Gasteiger partial charge in [0.25, 0.3) is 0 Å². The van der Waals surface area contributed by atoms with Gasteiger partial charge < -0.3 is 19.5 Å². The lowest BCUT2D eigenvalue weighted by Crippen LogP contribution is -2.31. The average molecular weight is 332 g/mol. The van der Waals surface area contributed by atoms with E-state index in [1.54, 1.807) is 21.1 Å². The highest BCUT2D eigenvalue weighted by Gasteiger charge is 2.18. The Morgan fingerprint density at radius 3 is 2.62 bits per heavy atom. The first kappa shape index (κ1) is 17.8. The molecule has 2 aromatic rings. The summed E-state index contributed by atoms with van der Waals surface area (Å²) in [5, 5.41) is 6.67. The largest absolute Gasteiger partial charge is 0.495 e. The maximum Gasteiger partial charge on any atom is 0.322 e. The van der Waals surface area contributed by atoms with Gasteiger partial charge in [-0.3, -0.25) is 0 Å². The Morgan fingerprint density at radius 1 is 1.38 bits per heavy atom. The number of nitrogens with one attached hydrogen (secondary N) is 1. The smallest absolute Gasteiger partial charge is 0.322 e. The Bertz CT molecular complexity index is 719. The molecule has 0 fully saturated rings. The van der Waals surface area contributed by atoms with Crippen LogP contribution in [-0.4, -0.2) is 35.2 Å². The van der Waals surface area contributed by atoms with Crippen molar-refractivity contribution < 1.29 is 14.1 Å². The first-order chi connectivity index (χ1) is 11.2. The van der Waals surface area contributed by atoms with Gasteiger partial charge in [-0.2, -0.15) is 4.98 Å². The lowest BCUT2D eigenvalue weighted by Gasteiger charge is -2.22. The Morgan fingerprint density at radius 2 is 2.08 bits per heavy atom. The number of carbonyl (C=O) groups excluding carboxylic acids is 1. The SMILES string of the molecule is COc1ccc(C(C)(C)C)cc1NC(=O)N(C)Cc1noc(C)n1. The second kappa shape index (κ2) is 6.90. The van der Waals surface area contributed by atoms with Gasteiger partial charge in [-0.1, -0.05) is 32.0 Å². The highest BCUT2D eigenvalue weighted by molar-refractivity contribution is 5.91. The van der Waals surface area contributed by atoms with Crippen LogP contribution >= 0.6 is 0 Å². The van der Waals surface area contributed by atoms with Crippen LogP contribution in [0.25, 0.3) is 0 Å². The number of ether oxygens (including phenoxy) is 1. The van der Waals surface area contributed by atoms with Crippen LogP contribution < -0.4 is 10.1 Å². The maximum absolute atomic E-state index is 12.4. The molecule has 0 spiro atoms. The molecule has 0 bridgehead atoms. The fourth-order valence-electron chi connectivity index (χ4n) is 2.17. The van der Waals surface area contributed by atoms with Crippen molar-refractivity contribution >= 4 is 11.7 Å². The highest BCUT2D eigenvalue weighted by atomic mass is 16.5. The van der Waals surface area contributed by atoms with E-state index in [9.17, 15) is 4.79 Å². The Hall–Kier alpha value is -2.57. The first-order valence-corrected chi connectivity index (χ1v) is 7.70. The van der Waals surface area contributed by atoms with Crippen LogP contribution in [-0.2, 0) is 12.0 Å². The van der Waals surface area contributed by atoms with E-state index in [0.29, 0.717) is 23.2 Å². The van der Waals surface area contributed by atoms with E-state index in [1.807, 2.05) is 18.2 Å². The summed E-state index contributed by atoms with van der Waals surface area (Å²) in [6.45, 7) is 8.31. The fourth-order valence-corrected chi connectivity index (χ4v) is 2.17. The molecule has 130 valence electrons. The normalized spacial score (nSPS) is 11.2. The quantitative estimate of drug-likeness (QED) is 0.928. The number of amides is 2. The van der Waals surface area contributed by atoms with Crippen molar-refractivity contribution in [2.45, 2.75) is 39.7 Å². The Balaban J connectivity index is 2.14. The molecular weight excluding hydrogens is 308 g/mol. The predicted octanol–water partition coefficient (Wildman–Crippen LogP) is 3.35. The van der Waals surface area contributed by atoms with Crippen LogP contribution in [0.3, 0.4) is 0 Å². The number of rotatable bonds is 4. The summed E-state index contributed by atoms with van der Waals surface area (Å²) in [5.74, 6) is 1.54. The van der Waals surface area contributed by atoms with Gasteiger partial charge in [0, 0.05) is 14.0 Å². The van der Waals surface area contributed by atoms with Crippen LogP contribution in [0.15, 0.2) is 22.7 Å². The van der Waals surface area contributed by atoms with E-state index in [-0.39, 0.29) is 18.0 Å². The van der Waals surface area contributed by atoms with Crippen molar-refractivity contribution in [1.82, 2.24) is 15.0 Å². The Labute approximate surface area is 142 Å². The molecule has 0 saturated carbocycles. The highest BCUT2D eigenvalue weighted by Crippen LogP contribution is 2.31. The molecule has 0 atom stereocenters. The molecule has 1 heterocycles. The lowest BCUT2D eigenvalue weighted by atomic mass is 9.87. The van der Waals surface area contributed by atoms with Gasteiger partial charge in [-0.05, 0) is 23.1 Å². The summed E-state index contributed by atoms with van der Waals surface area (Å²) in [6, 6.07) is 5.52. The summed E-state index contributed by atoms with van der Waals surface area (Å²) in [7, 11) is 3.24. The number of benzene rings is 1. The monoisotopic (exact) mass is 332 g/mol. The standard InChI is InChI=1S/C17H24N4O3/c1-11-18-15(20-24-11)10-21(5)16(22)19-13-9-12(17(2,3)4)7-8-14(13)23-6/h7-9H,10H2,1-6H3,(H,19,22). The molecule has 2 rings (SSSR count). The predicted molar refractivity (Wildman–Crippen MR) is 91.2 cm³/mol. The molecule has 1 aromatic heterocycles. The summed E-state index contributed by atoms with van der Waals surface area (Å²) >= 11 is 0. The van der Waals surface area contributed by atoms with Crippen molar-refractivity contribution in [3.05, 3.63) is 35.5 Å². The van der Waals surface area contributed by atoms with Gasteiger partial charge in [0.1, 0.15) is 5.75 Å². The molecule has 2 amide bonds. The zero-order valence-corrected chi connectivity index (χ0v) is 15.0. The minimum Gasteiger partial charge on any atom is -0.495 e. The van der Waals surface area contributed by atoms with Crippen molar-refractivity contribution in [3.8, 4) is 5.75 Å². The third-order valence-corrected chi connectivity index (χ3v) is 3.60. The number of carbonyl (C=O) groups is 1. The first-order valence-electron chi connectivity index (χ1n) is 7.70. The molecule has 1 aromatic carbocycles. The van der Waals surface area contributed by atoms with Gasteiger partial charge in [-0.15, -0.1) is 0 Å². The number of anilines is 1. The number of aryl methyl sites for hydroxylation is 1. The van der Waals surface area contributed by atoms with Crippen LogP contribution in [0, 0.1) is 6.92 Å². The van der Waals surface area contributed by atoms with Crippen molar-refractivity contribution in [2.75, 3.05) is 19.5 Å². The summed E-state index contributed by atoms with van der Waals surface area (Å²) in [6.07, 6.45) is 0. The van der Waals surface area contributed by atoms with E-state index >= 15 is 0 Å². The topological polar surface area (TPSA) is 80.5 Å². The molecule has 0 aliphatic rings. The van der Waals surface area contributed by atoms with Crippen molar-refractivity contribution in [1.29, 1.82) is 0 Å². The van der Waals surface area contributed by atoms with Crippen LogP contribution in [0.1, 0.15) is 38.0 Å². The van der Waals surface area contributed by atoms with Crippen LogP contribution in [0.5, 0.6) is 5.75 Å². The van der Waals surface area contributed by atoms with Gasteiger partial charge in [0.2, 0.25) is 5.89 Å². The molecule has 7 heteroatoms. The van der Waals surface area contributed by atoms with Crippen molar-refractivity contribution in [2.24, 2.45) is 0 Å². The number of hydrogen-bond acceptors (Lipinski definition) is 5. The number of urea groups is 1. The van der Waals surface area contributed by atoms with E-state index in [0.717, 1.165) is 5.56 Å². The maximum atomic E-state index is 12.4. The number of nitrogens with zero attached hydrogens (tertiary/aromatic N) is 3. The fraction of sp³-hybridized carbons (Fsp3) is 0.471. The zero-order chi connectivity index (χ0) is 17.9. The molecule has 0 unspecified atom stereocenters. The second-order valence-corrected chi connectivity index (χ2v) is 6.68. The summed E-state index contributed by atoms with van der Waals surface area (Å²) in [4.78, 5) is 18.0. The second-order valence-electron chi connectivity index (χ2n) is 6.68. The zero-order valence-electron chi connectivity index (χ0n) is 15.0. The van der Waals surface area contributed by atoms with Crippen molar-refractivity contribution in [3.63, 3.8) is 0 Å². The molecule has 7 nitrogen and oxygen atoms in total. The number of hydrogen-bond donors (Lipinski definition) is 1. The molecular formula is C17H24N4O3. The van der Waals surface area contributed by atoms with Crippen LogP contribution in [0.2, 0.25) is 0 Å². The van der Waals surface area contributed by atoms with Crippen LogP contribution in [0.4, 0.5) is 10.5 Å². The van der Waals surface area contributed by atoms with E-state index in [1.165, 1.54) is 4.90 Å². The molecule has 0 saturated heterocycles. The summed E-state index contributed by atoms with van der Waals surface area (Å²) < 4.78 is 10.3. The molecule has 24 heavy (non-hydrogen) atoms. The number of methoxy groups -OCH3 is 1. The minimum absolute atomic E-state index is 0.0280. The lowest BCUT2D eigenvalue weighted by molar-refractivity contribution is 0.219. The van der Waals surface area contributed by atoms with E-state index in [2.05, 4.69) is 36.2 Å². The van der Waals surface area contributed by atoms with E-state index in [4.69, 9.17) is 9.26 Å². The van der Waals surface area contributed by atoms with E-state index < -0.39 is 0 Å². The molecule has 0 aliphatic heterocycles. The third kappa shape index (κ3) is 4.24. The number of aromatic nitrogens is 2. The van der Waals surface area contributed by atoms with Gasteiger partial charge in [0.05, 0.1) is 19.3 Å². The van der Waals surface area contributed by atoms with Gasteiger partial charge >= 0.3 is 6.03 Å². The Kier molecular flexibility index (Phi) is 5.11. The third-order valence-electron chi connectivity index (χ3n) is 3.60. The summed E-state index contributed by atoms with van der Waals surface area (Å²) in [5.41, 5.74) is 1.71. The van der Waals surface area contributed by atoms with Gasteiger partial charge in [0.15, 0.2) is 5.82 Å². The molecule has 0 aliphatic carbocycles. The minimum atomic E-state index is -0.276. The average Bonchev–Trinajstić information content (AvgIpc) is 2.91.